The third-order valence-corrected chi connectivity index (χ3v) is 4.33. The van der Waals surface area contributed by atoms with E-state index >= 15 is 0 Å². The number of hydrogen-bond donors (Lipinski definition) is 1. The Hall–Kier alpha value is -2.17. The number of aromatic nitrogens is 1. The van der Waals surface area contributed by atoms with Crippen LogP contribution in [0.4, 0.5) is 11.4 Å². The smallest absolute Gasteiger partial charge is 0.277 e. The van der Waals surface area contributed by atoms with Crippen LogP contribution in [0.25, 0.3) is 10.8 Å². The molecule has 110 valence electrons. The van der Waals surface area contributed by atoms with Crippen molar-refractivity contribution in [2.75, 3.05) is 11.9 Å². The summed E-state index contributed by atoms with van der Waals surface area (Å²) in [6, 6.07) is 5.06. The normalized spacial score (nSPS) is 15.4. The molecule has 1 fully saturated rings. The first-order chi connectivity index (χ1) is 10.3. The van der Waals surface area contributed by atoms with E-state index in [4.69, 9.17) is 0 Å². The zero-order valence-corrected chi connectivity index (χ0v) is 11.9. The van der Waals surface area contributed by atoms with Crippen molar-refractivity contribution in [3.63, 3.8) is 0 Å². The van der Waals surface area contributed by atoms with Crippen LogP contribution in [-0.4, -0.2) is 16.5 Å². The van der Waals surface area contributed by atoms with Gasteiger partial charge in [0.05, 0.1) is 10.3 Å². The van der Waals surface area contributed by atoms with Gasteiger partial charge in [0.2, 0.25) is 0 Å². The molecule has 0 aliphatic heterocycles. The Morgan fingerprint density at radius 2 is 2.05 bits per heavy atom. The first kappa shape index (κ1) is 13.8. The van der Waals surface area contributed by atoms with Crippen molar-refractivity contribution in [3.8, 4) is 0 Å². The Morgan fingerprint density at radius 3 is 2.81 bits per heavy atom. The summed E-state index contributed by atoms with van der Waals surface area (Å²) >= 11 is 0. The highest BCUT2D eigenvalue weighted by atomic mass is 16.6. The van der Waals surface area contributed by atoms with Crippen LogP contribution >= 0.6 is 0 Å². The summed E-state index contributed by atoms with van der Waals surface area (Å²) in [5, 5.41) is 16.0. The van der Waals surface area contributed by atoms with Gasteiger partial charge in [-0.2, -0.15) is 0 Å². The van der Waals surface area contributed by atoms with Crippen LogP contribution in [0.3, 0.4) is 0 Å². The molecule has 0 unspecified atom stereocenters. The molecule has 0 radical (unpaired) electrons. The van der Waals surface area contributed by atoms with Crippen molar-refractivity contribution in [1.29, 1.82) is 0 Å². The van der Waals surface area contributed by atoms with E-state index in [0.29, 0.717) is 5.39 Å². The van der Waals surface area contributed by atoms with E-state index in [1.807, 2.05) is 0 Å². The Labute approximate surface area is 123 Å². The third-order valence-electron chi connectivity index (χ3n) is 4.33. The molecule has 1 saturated carbocycles. The van der Waals surface area contributed by atoms with Crippen molar-refractivity contribution in [3.05, 3.63) is 40.7 Å². The highest BCUT2D eigenvalue weighted by Crippen LogP contribution is 2.31. The summed E-state index contributed by atoms with van der Waals surface area (Å²) in [7, 11) is 0. The van der Waals surface area contributed by atoms with Gasteiger partial charge >= 0.3 is 0 Å². The van der Waals surface area contributed by atoms with Gasteiger partial charge in [-0.3, -0.25) is 15.1 Å². The molecule has 1 heterocycles. The van der Waals surface area contributed by atoms with Crippen molar-refractivity contribution in [2.24, 2.45) is 5.92 Å². The SMILES string of the molecule is O=[N+]([O-])c1ccc(NCCC2CCCC2)c2cnccc12. The average molecular weight is 285 g/mol. The van der Waals surface area contributed by atoms with Gasteiger partial charge in [0.1, 0.15) is 0 Å². The highest BCUT2D eigenvalue weighted by Gasteiger charge is 2.16. The predicted molar refractivity (Wildman–Crippen MR) is 83.5 cm³/mol. The maximum Gasteiger partial charge on any atom is 0.277 e. The predicted octanol–water partition coefficient (Wildman–Crippen LogP) is 4.14. The highest BCUT2D eigenvalue weighted by molar-refractivity contribution is 5.99. The summed E-state index contributed by atoms with van der Waals surface area (Å²) in [4.78, 5) is 14.8. The first-order valence-electron chi connectivity index (χ1n) is 7.50. The number of hydrogen-bond acceptors (Lipinski definition) is 4. The van der Waals surface area contributed by atoms with Crippen LogP contribution in [0.1, 0.15) is 32.1 Å². The van der Waals surface area contributed by atoms with E-state index < -0.39 is 0 Å². The quantitative estimate of drug-likeness (QED) is 0.662. The Morgan fingerprint density at radius 1 is 1.24 bits per heavy atom. The number of fused-ring (bicyclic) bond motifs is 1. The van der Waals surface area contributed by atoms with Crippen molar-refractivity contribution < 1.29 is 4.92 Å². The van der Waals surface area contributed by atoms with Crippen LogP contribution in [0.15, 0.2) is 30.6 Å². The van der Waals surface area contributed by atoms with Crippen molar-refractivity contribution in [2.45, 2.75) is 32.1 Å². The van der Waals surface area contributed by atoms with Gasteiger partial charge in [-0.15, -0.1) is 0 Å². The molecule has 0 spiro atoms. The minimum atomic E-state index is -0.343. The lowest BCUT2D eigenvalue weighted by Gasteiger charge is -2.12. The molecular weight excluding hydrogens is 266 g/mol. The van der Waals surface area contributed by atoms with Gasteiger partial charge in [-0.1, -0.05) is 25.7 Å². The Balaban J connectivity index is 1.79. The fourth-order valence-electron chi connectivity index (χ4n) is 3.20. The fraction of sp³-hybridized carbons (Fsp3) is 0.438. The lowest BCUT2D eigenvalue weighted by atomic mass is 10.0. The molecule has 3 rings (SSSR count). The second-order valence-electron chi connectivity index (χ2n) is 5.68. The first-order valence-corrected chi connectivity index (χ1v) is 7.50. The molecule has 1 aliphatic carbocycles. The number of anilines is 1. The molecular formula is C16H19N3O2. The number of nitro groups is 1. The van der Waals surface area contributed by atoms with E-state index in [2.05, 4.69) is 10.3 Å². The number of rotatable bonds is 5. The van der Waals surface area contributed by atoms with Crippen LogP contribution in [0, 0.1) is 16.0 Å². The minimum Gasteiger partial charge on any atom is -0.384 e. The maximum absolute atomic E-state index is 11.1. The molecule has 1 aromatic heterocycles. The van der Waals surface area contributed by atoms with Gasteiger partial charge < -0.3 is 5.32 Å². The topological polar surface area (TPSA) is 68.1 Å². The molecule has 5 nitrogen and oxygen atoms in total. The lowest BCUT2D eigenvalue weighted by Crippen LogP contribution is -2.07. The van der Waals surface area contributed by atoms with E-state index in [1.54, 1.807) is 30.6 Å². The van der Waals surface area contributed by atoms with Gasteiger partial charge in [-0.25, -0.2) is 0 Å². The van der Waals surface area contributed by atoms with Crippen LogP contribution in [-0.2, 0) is 0 Å². The number of pyridine rings is 1. The monoisotopic (exact) mass is 285 g/mol. The third kappa shape index (κ3) is 2.96. The molecule has 1 aliphatic rings. The number of non-ortho nitro benzene ring substituents is 1. The van der Waals surface area contributed by atoms with Gasteiger partial charge in [0.15, 0.2) is 0 Å². The van der Waals surface area contributed by atoms with E-state index in [9.17, 15) is 10.1 Å². The molecule has 0 saturated heterocycles. The Kier molecular flexibility index (Phi) is 3.99. The summed E-state index contributed by atoms with van der Waals surface area (Å²) < 4.78 is 0. The number of benzene rings is 1. The van der Waals surface area contributed by atoms with Crippen LogP contribution in [0.2, 0.25) is 0 Å². The largest absolute Gasteiger partial charge is 0.384 e. The minimum absolute atomic E-state index is 0.133. The molecule has 2 aromatic rings. The zero-order valence-electron chi connectivity index (χ0n) is 11.9. The Bertz CT molecular complexity index is 651. The average Bonchev–Trinajstić information content (AvgIpc) is 3.00. The standard InChI is InChI=1S/C16H19N3O2/c20-19(21)16-6-5-15(14-11-17-9-8-13(14)16)18-10-7-12-3-1-2-4-12/h5-6,8-9,11-12,18H,1-4,7,10H2. The number of nitrogens with one attached hydrogen (secondary N) is 1. The molecule has 5 heteroatoms. The fourth-order valence-corrected chi connectivity index (χ4v) is 3.20. The van der Waals surface area contributed by atoms with Gasteiger partial charge in [-0.05, 0) is 24.5 Å². The van der Waals surface area contributed by atoms with Gasteiger partial charge in [0, 0.05) is 36.1 Å². The van der Waals surface area contributed by atoms with Crippen LogP contribution < -0.4 is 5.32 Å². The second kappa shape index (κ2) is 6.08. The molecule has 0 atom stereocenters. The molecule has 21 heavy (non-hydrogen) atoms. The molecule has 0 bridgehead atoms. The summed E-state index contributed by atoms with van der Waals surface area (Å²) in [5.74, 6) is 0.833. The van der Waals surface area contributed by atoms with Gasteiger partial charge in [0.25, 0.3) is 5.69 Å². The summed E-state index contributed by atoms with van der Waals surface area (Å²) in [6.07, 6.45) is 9.84. The second-order valence-corrected chi connectivity index (χ2v) is 5.68. The maximum atomic E-state index is 11.1. The lowest BCUT2D eigenvalue weighted by molar-refractivity contribution is -0.383. The van der Waals surface area contributed by atoms with E-state index in [-0.39, 0.29) is 10.6 Å². The number of nitrogens with zero attached hydrogens (tertiary/aromatic N) is 2. The van der Waals surface area contributed by atoms with Crippen molar-refractivity contribution in [1.82, 2.24) is 4.98 Å². The number of nitro benzene ring substituents is 1. The summed E-state index contributed by atoms with van der Waals surface area (Å²) in [5.41, 5.74) is 1.07. The zero-order chi connectivity index (χ0) is 14.7. The molecule has 1 N–H and O–H groups in total. The summed E-state index contributed by atoms with van der Waals surface area (Å²) in [6.45, 7) is 0.909. The van der Waals surface area contributed by atoms with Crippen LogP contribution in [0.5, 0.6) is 0 Å². The molecule has 1 aromatic carbocycles. The molecule has 0 amide bonds. The van der Waals surface area contributed by atoms with E-state index in [1.165, 1.54) is 32.1 Å². The van der Waals surface area contributed by atoms with Crippen molar-refractivity contribution >= 4 is 22.1 Å². The van der Waals surface area contributed by atoms with E-state index in [0.717, 1.165) is 23.5 Å².